The number of rotatable bonds is 4. The van der Waals surface area contributed by atoms with Crippen LogP contribution in [0.3, 0.4) is 0 Å². The molecule has 5 heteroatoms. The van der Waals surface area contributed by atoms with E-state index in [1.54, 1.807) is 11.1 Å². The lowest BCUT2D eigenvalue weighted by Gasteiger charge is -2.20. The van der Waals surface area contributed by atoms with E-state index in [1.807, 2.05) is 107 Å². The average molecular weight is 462 g/mol. The van der Waals surface area contributed by atoms with Gasteiger partial charge in [0.25, 0.3) is 5.91 Å². The van der Waals surface area contributed by atoms with E-state index in [0.717, 1.165) is 39.2 Å². The monoisotopic (exact) mass is 461 g/mol. The van der Waals surface area contributed by atoms with Crippen molar-refractivity contribution < 1.29 is 9.59 Å². The standard InChI is InChI=1S/C30H27N3O2/c1-19-11-15-22(16-12-19)32-28(34)24-18-21(14-13-20(24)2)23-8-7-9-25-27(23)30(3,4)29(35)33(25)26-10-5-6-17-31-26/h5-18H,1-4H3,(H,32,34). The van der Waals surface area contributed by atoms with Gasteiger partial charge in [-0.3, -0.25) is 14.5 Å². The molecule has 0 spiro atoms. The number of amides is 2. The maximum Gasteiger partial charge on any atom is 0.255 e. The van der Waals surface area contributed by atoms with Crippen LogP contribution >= 0.6 is 0 Å². The highest BCUT2D eigenvalue weighted by Gasteiger charge is 2.46. The van der Waals surface area contributed by atoms with Gasteiger partial charge < -0.3 is 5.32 Å². The Labute approximate surface area is 205 Å². The number of nitrogens with one attached hydrogen (secondary N) is 1. The third-order valence-corrected chi connectivity index (χ3v) is 6.63. The number of nitrogens with zero attached hydrogens (tertiary/aromatic N) is 2. The Morgan fingerprint density at radius 3 is 2.40 bits per heavy atom. The number of anilines is 3. The molecule has 0 bridgehead atoms. The minimum Gasteiger partial charge on any atom is -0.322 e. The Hall–Kier alpha value is -4.25. The zero-order valence-electron chi connectivity index (χ0n) is 20.3. The quantitative estimate of drug-likeness (QED) is 0.374. The molecular formula is C30H27N3O2. The van der Waals surface area contributed by atoms with E-state index < -0.39 is 5.41 Å². The second kappa shape index (κ2) is 8.51. The molecule has 0 unspecified atom stereocenters. The Balaban J connectivity index is 1.58. The molecule has 4 aromatic rings. The summed E-state index contributed by atoms with van der Waals surface area (Å²) in [5, 5.41) is 3.00. The minimum absolute atomic E-state index is 0.0249. The summed E-state index contributed by atoms with van der Waals surface area (Å²) in [6.07, 6.45) is 1.69. The zero-order chi connectivity index (χ0) is 24.7. The highest BCUT2D eigenvalue weighted by molar-refractivity contribution is 6.14. The molecule has 0 aliphatic carbocycles. The lowest BCUT2D eigenvalue weighted by atomic mass is 9.81. The first-order valence-electron chi connectivity index (χ1n) is 11.7. The number of carbonyl (C=O) groups is 2. The average Bonchev–Trinajstić information content (AvgIpc) is 3.06. The van der Waals surface area contributed by atoms with Crippen molar-refractivity contribution in [3.8, 4) is 11.1 Å². The second-order valence-electron chi connectivity index (χ2n) is 9.50. The molecular weight excluding hydrogens is 434 g/mol. The fourth-order valence-corrected chi connectivity index (χ4v) is 4.70. The Morgan fingerprint density at radius 2 is 1.69 bits per heavy atom. The number of hydrogen-bond acceptors (Lipinski definition) is 3. The van der Waals surface area contributed by atoms with Gasteiger partial charge in [-0.15, -0.1) is 0 Å². The van der Waals surface area contributed by atoms with Crippen LogP contribution in [0.2, 0.25) is 0 Å². The Kier molecular flexibility index (Phi) is 5.48. The molecule has 5 nitrogen and oxygen atoms in total. The molecule has 2 heterocycles. The first kappa shape index (κ1) is 22.5. The largest absolute Gasteiger partial charge is 0.322 e. The van der Waals surface area contributed by atoms with Crippen LogP contribution in [-0.4, -0.2) is 16.8 Å². The number of carbonyl (C=O) groups excluding carboxylic acids is 2. The van der Waals surface area contributed by atoms with Crippen molar-refractivity contribution in [3.05, 3.63) is 107 Å². The van der Waals surface area contributed by atoms with E-state index in [0.29, 0.717) is 11.4 Å². The fraction of sp³-hybridized carbons (Fsp3) is 0.167. The first-order chi connectivity index (χ1) is 16.8. The molecule has 5 rings (SSSR count). The van der Waals surface area contributed by atoms with Crippen molar-refractivity contribution in [2.45, 2.75) is 33.1 Å². The van der Waals surface area contributed by atoms with Gasteiger partial charge in [0.05, 0.1) is 11.1 Å². The molecule has 3 aromatic carbocycles. The van der Waals surface area contributed by atoms with Crippen LogP contribution in [0.15, 0.2) is 85.1 Å². The van der Waals surface area contributed by atoms with Crippen molar-refractivity contribution >= 4 is 29.0 Å². The number of benzene rings is 3. The molecule has 0 fully saturated rings. The van der Waals surface area contributed by atoms with Crippen molar-refractivity contribution in [2.24, 2.45) is 0 Å². The normalized spacial score (nSPS) is 14.1. The molecule has 2 amide bonds. The van der Waals surface area contributed by atoms with E-state index in [1.165, 1.54) is 0 Å². The summed E-state index contributed by atoms with van der Waals surface area (Å²) >= 11 is 0. The summed E-state index contributed by atoms with van der Waals surface area (Å²) in [5.41, 5.74) is 6.21. The van der Waals surface area contributed by atoms with Crippen molar-refractivity contribution in [1.82, 2.24) is 4.98 Å². The smallest absolute Gasteiger partial charge is 0.255 e. The number of fused-ring (bicyclic) bond motifs is 1. The summed E-state index contributed by atoms with van der Waals surface area (Å²) in [7, 11) is 0. The zero-order valence-corrected chi connectivity index (χ0v) is 20.3. The van der Waals surface area contributed by atoms with E-state index in [9.17, 15) is 9.59 Å². The topological polar surface area (TPSA) is 62.3 Å². The van der Waals surface area contributed by atoms with Gasteiger partial charge in [0.1, 0.15) is 5.82 Å². The van der Waals surface area contributed by atoms with E-state index in [-0.39, 0.29) is 11.8 Å². The molecule has 1 aliphatic heterocycles. The molecule has 0 saturated carbocycles. The van der Waals surface area contributed by atoms with Crippen LogP contribution in [0, 0.1) is 13.8 Å². The SMILES string of the molecule is Cc1ccc(NC(=O)c2cc(-c3cccc4c3C(C)(C)C(=O)N4c3ccccn3)ccc2C)cc1. The van der Waals surface area contributed by atoms with E-state index >= 15 is 0 Å². The van der Waals surface area contributed by atoms with E-state index in [2.05, 4.69) is 10.3 Å². The highest BCUT2D eigenvalue weighted by Crippen LogP contribution is 2.49. The van der Waals surface area contributed by atoms with Crippen LogP contribution in [0.25, 0.3) is 11.1 Å². The number of aryl methyl sites for hydroxylation is 2. The van der Waals surface area contributed by atoms with Crippen LogP contribution < -0.4 is 10.2 Å². The number of hydrogen-bond donors (Lipinski definition) is 1. The third-order valence-electron chi connectivity index (χ3n) is 6.63. The molecule has 0 atom stereocenters. The lowest BCUT2D eigenvalue weighted by molar-refractivity contribution is -0.121. The number of pyridine rings is 1. The summed E-state index contributed by atoms with van der Waals surface area (Å²) in [6.45, 7) is 7.83. The van der Waals surface area contributed by atoms with Crippen LogP contribution in [0.4, 0.5) is 17.2 Å². The fourth-order valence-electron chi connectivity index (χ4n) is 4.70. The third kappa shape index (κ3) is 3.89. The predicted molar refractivity (Wildman–Crippen MR) is 140 cm³/mol. The maximum absolute atomic E-state index is 13.5. The van der Waals surface area contributed by atoms with Crippen LogP contribution in [0.5, 0.6) is 0 Å². The molecule has 1 aliphatic rings. The highest BCUT2D eigenvalue weighted by atomic mass is 16.2. The lowest BCUT2D eigenvalue weighted by Crippen LogP contribution is -2.33. The molecule has 174 valence electrons. The summed E-state index contributed by atoms with van der Waals surface area (Å²) in [4.78, 5) is 32.8. The van der Waals surface area contributed by atoms with Gasteiger partial charge >= 0.3 is 0 Å². The predicted octanol–water partition coefficient (Wildman–Crippen LogP) is 6.57. The maximum atomic E-state index is 13.5. The molecule has 0 radical (unpaired) electrons. The Morgan fingerprint density at radius 1 is 0.914 bits per heavy atom. The molecule has 1 N–H and O–H groups in total. The number of aromatic nitrogens is 1. The minimum atomic E-state index is -0.751. The summed E-state index contributed by atoms with van der Waals surface area (Å²) < 4.78 is 0. The van der Waals surface area contributed by atoms with Gasteiger partial charge in [0, 0.05) is 17.4 Å². The van der Waals surface area contributed by atoms with Crippen LogP contribution in [-0.2, 0) is 10.2 Å². The summed E-state index contributed by atoms with van der Waals surface area (Å²) in [5.74, 6) is 0.415. The first-order valence-corrected chi connectivity index (χ1v) is 11.7. The van der Waals surface area contributed by atoms with Crippen LogP contribution in [0.1, 0.15) is 40.9 Å². The molecule has 1 aromatic heterocycles. The van der Waals surface area contributed by atoms with Crippen molar-refractivity contribution in [1.29, 1.82) is 0 Å². The van der Waals surface area contributed by atoms with Crippen molar-refractivity contribution in [2.75, 3.05) is 10.2 Å². The van der Waals surface area contributed by atoms with Gasteiger partial charge in [0.2, 0.25) is 5.91 Å². The van der Waals surface area contributed by atoms with Gasteiger partial charge in [-0.25, -0.2) is 4.98 Å². The van der Waals surface area contributed by atoms with Crippen molar-refractivity contribution in [3.63, 3.8) is 0 Å². The second-order valence-corrected chi connectivity index (χ2v) is 9.50. The van der Waals surface area contributed by atoms with Gasteiger partial charge in [-0.1, -0.05) is 48.0 Å². The van der Waals surface area contributed by atoms with Gasteiger partial charge in [-0.05, 0) is 86.3 Å². The molecule has 35 heavy (non-hydrogen) atoms. The summed E-state index contributed by atoms with van der Waals surface area (Å²) in [6, 6.07) is 25.1. The Bertz CT molecular complexity index is 1440. The van der Waals surface area contributed by atoms with Gasteiger partial charge in [-0.2, -0.15) is 0 Å². The van der Waals surface area contributed by atoms with Gasteiger partial charge in [0.15, 0.2) is 0 Å². The van der Waals surface area contributed by atoms with E-state index in [4.69, 9.17) is 0 Å². The molecule has 0 saturated heterocycles.